The van der Waals surface area contributed by atoms with E-state index in [4.69, 9.17) is 0 Å². The fourth-order valence-corrected chi connectivity index (χ4v) is 1.84. The molecule has 0 saturated heterocycles. The zero-order valence-corrected chi connectivity index (χ0v) is 10.2. The molecule has 0 heteroatoms. The summed E-state index contributed by atoms with van der Waals surface area (Å²) in [5.74, 6) is 1.33. The van der Waals surface area contributed by atoms with Gasteiger partial charge in [0.25, 0.3) is 0 Å². The van der Waals surface area contributed by atoms with Gasteiger partial charge in [-0.1, -0.05) is 51.1 Å². The average Bonchev–Trinajstić information content (AvgIpc) is 2.18. The Morgan fingerprint density at radius 3 is 2.20 bits per heavy atom. The summed E-state index contributed by atoms with van der Waals surface area (Å²) in [6.07, 6.45) is 4.23. The van der Waals surface area contributed by atoms with Crippen molar-refractivity contribution in [2.45, 2.75) is 39.5 Å². The van der Waals surface area contributed by atoms with Gasteiger partial charge in [-0.25, -0.2) is 0 Å². The molecule has 0 aliphatic carbocycles. The summed E-state index contributed by atoms with van der Waals surface area (Å²) in [6, 6.07) is 9.03. The van der Waals surface area contributed by atoms with Crippen molar-refractivity contribution < 1.29 is 0 Å². The van der Waals surface area contributed by atoms with E-state index in [1.165, 1.54) is 17.5 Å². The van der Waals surface area contributed by atoms with Gasteiger partial charge in [0.1, 0.15) is 0 Å². The zero-order chi connectivity index (χ0) is 11.3. The summed E-state index contributed by atoms with van der Waals surface area (Å²) in [4.78, 5) is 0. The van der Waals surface area contributed by atoms with Gasteiger partial charge >= 0.3 is 0 Å². The average molecular weight is 202 g/mol. The molecule has 0 spiro atoms. The van der Waals surface area contributed by atoms with Crippen molar-refractivity contribution in [3.05, 3.63) is 48.0 Å². The number of benzene rings is 1. The molecule has 0 aliphatic rings. The molecule has 0 bridgehead atoms. The molecule has 1 atom stereocenters. The molecular weight excluding hydrogens is 180 g/mol. The van der Waals surface area contributed by atoms with Crippen LogP contribution in [0.1, 0.15) is 44.2 Å². The van der Waals surface area contributed by atoms with Crippen LogP contribution in [0.25, 0.3) is 0 Å². The van der Waals surface area contributed by atoms with Crippen molar-refractivity contribution in [1.82, 2.24) is 0 Å². The third kappa shape index (κ3) is 3.91. The van der Waals surface area contributed by atoms with Crippen LogP contribution < -0.4 is 0 Å². The summed E-state index contributed by atoms with van der Waals surface area (Å²) in [6.45, 7) is 10.5. The molecule has 1 rings (SSSR count). The Bertz CT molecular complexity index is 292. The minimum atomic E-state index is 0.593. The van der Waals surface area contributed by atoms with Crippen molar-refractivity contribution in [3.63, 3.8) is 0 Å². The summed E-state index contributed by atoms with van der Waals surface area (Å²) < 4.78 is 0. The maximum atomic E-state index is 3.78. The molecule has 1 unspecified atom stereocenters. The SMILES string of the molecule is C=CCC(C)c1ccc(CC(C)C)cc1. The van der Waals surface area contributed by atoms with Crippen LogP contribution in [0.2, 0.25) is 0 Å². The molecule has 0 amide bonds. The van der Waals surface area contributed by atoms with Crippen molar-refractivity contribution >= 4 is 0 Å². The van der Waals surface area contributed by atoms with E-state index in [0.717, 1.165) is 12.3 Å². The second-order valence-electron chi connectivity index (χ2n) is 4.76. The first-order chi connectivity index (χ1) is 7.13. The first-order valence-corrected chi connectivity index (χ1v) is 5.83. The van der Waals surface area contributed by atoms with Crippen LogP contribution in [0.3, 0.4) is 0 Å². The summed E-state index contributed by atoms with van der Waals surface area (Å²) >= 11 is 0. The van der Waals surface area contributed by atoms with Gasteiger partial charge in [0.2, 0.25) is 0 Å². The Labute approximate surface area is 94.0 Å². The van der Waals surface area contributed by atoms with E-state index in [1.54, 1.807) is 0 Å². The van der Waals surface area contributed by atoms with E-state index in [-0.39, 0.29) is 0 Å². The topological polar surface area (TPSA) is 0 Å². The second-order valence-corrected chi connectivity index (χ2v) is 4.76. The smallest absolute Gasteiger partial charge is 0.0156 e. The Kier molecular flexibility index (Phi) is 4.61. The first-order valence-electron chi connectivity index (χ1n) is 5.83. The van der Waals surface area contributed by atoms with Gasteiger partial charge in [-0.15, -0.1) is 6.58 Å². The molecule has 0 nitrogen and oxygen atoms in total. The molecule has 82 valence electrons. The van der Waals surface area contributed by atoms with Gasteiger partial charge in [0.15, 0.2) is 0 Å². The number of allylic oxidation sites excluding steroid dienone is 1. The Balaban J connectivity index is 2.67. The van der Waals surface area contributed by atoms with Crippen LogP contribution in [-0.4, -0.2) is 0 Å². The lowest BCUT2D eigenvalue weighted by molar-refractivity contribution is 0.646. The van der Waals surface area contributed by atoms with Gasteiger partial charge in [-0.05, 0) is 35.8 Å². The molecule has 0 saturated carbocycles. The van der Waals surface area contributed by atoms with Crippen LogP contribution in [-0.2, 0) is 6.42 Å². The normalized spacial score (nSPS) is 12.8. The van der Waals surface area contributed by atoms with Crippen LogP contribution in [0.15, 0.2) is 36.9 Å². The molecular formula is C15H22. The molecule has 0 fully saturated rings. The lowest BCUT2D eigenvalue weighted by Crippen LogP contribution is -1.96. The van der Waals surface area contributed by atoms with Crippen molar-refractivity contribution in [1.29, 1.82) is 0 Å². The monoisotopic (exact) mass is 202 g/mol. The maximum absolute atomic E-state index is 3.78. The minimum Gasteiger partial charge on any atom is -0.103 e. The third-order valence-electron chi connectivity index (χ3n) is 2.71. The molecule has 0 aromatic heterocycles. The van der Waals surface area contributed by atoms with E-state index in [1.807, 2.05) is 6.08 Å². The standard InChI is InChI=1S/C15H22/c1-5-6-13(4)15-9-7-14(8-10-15)11-12(2)3/h5,7-10,12-13H,1,6,11H2,2-4H3. The van der Waals surface area contributed by atoms with Crippen molar-refractivity contribution in [2.75, 3.05) is 0 Å². The predicted octanol–water partition coefficient (Wildman–Crippen LogP) is 4.56. The highest BCUT2D eigenvalue weighted by Crippen LogP contribution is 2.20. The van der Waals surface area contributed by atoms with Crippen LogP contribution >= 0.6 is 0 Å². The Morgan fingerprint density at radius 1 is 1.13 bits per heavy atom. The largest absolute Gasteiger partial charge is 0.103 e. The Hall–Kier alpha value is -1.04. The quantitative estimate of drug-likeness (QED) is 0.614. The fourth-order valence-electron chi connectivity index (χ4n) is 1.84. The zero-order valence-electron chi connectivity index (χ0n) is 10.2. The van der Waals surface area contributed by atoms with Crippen LogP contribution in [0.5, 0.6) is 0 Å². The maximum Gasteiger partial charge on any atom is -0.0156 e. The van der Waals surface area contributed by atoms with Crippen LogP contribution in [0, 0.1) is 5.92 Å². The Morgan fingerprint density at radius 2 is 1.73 bits per heavy atom. The van der Waals surface area contributed by atoms with Gasteiger partial charge in [-0.3, -0.25) is 0 Å². The molecule has 0 N–H and O–H groups in total. The van der Waals surface area contributed by atoms with Crippen molar-refractivity contribution in [3.8, 4) is 0 Å². The third-order valence-corrected chi connectivity index (χ3v) is 2.71. The lowest BCUT2D eigenvalue weighted by atomic mass is 9.95. The number of hydrogen-bond donors (Lipinski definition) is 0. The van der Waals surface area contributed by atoms with Gasteiger partial charge in [0.05, 0.1) is 0 Å². The van der Waals surface area contributed by atoms with E-state index in [9.17, 15) is 0 Å². The fraction of sp³-hybridized carbons (Fsp3) is 0.467. The summed E-state index contributed by atoms with van der Waals surface area (Å²) in [5.41, 5.74) is 2.86. The van der Waals surface area contributed by atoms with Gasteiger partial charge in [-0.2, -0.15) is 0 Å². The van der Waals surface area contributed by atoms with Crippen molar-refractivity contribution in [2.24, 2.45) is 5.92 Å². The molecule has 0 radical (unpaired) electrons. The molecule has 1 aromatic carbocycles. The minimum absolute atomic E-state index is 0.593. The highest BCUT2D eigenvalue weighted by molar-refractivity contribution is 5.25. The number of hydrogen-bond acceptors (Lipinski definition) is 0. The highest BCUT2D eigenvalue weighted by Gasteiger charge is 2.03. The van der Waals surface area contributed by atoms with E-state index >= 15 is 0 Å². The number of rotatable bonds is 5. The molecule has 0 aliphatic heterocycles. The van der Waals surface area contributed by atoms with E-state index in [0.29, 0.717) is 5.92 Å². The van der Waals surface area contributed by atoms with Gasteiger partial charge in [0, 0.05) is 0 Å². The summed E-state index contributed by atoms with van der Waals surface area (Å²) in [7, 11) is 0. The van der Waals surface area contributed by atoms with E-state index < -0.39 is 0 Å². The molecule has 0 heterocycles. The van der Waals surface area contributed by atoms with Crippen LogP contribution in [0.4, 0.5) is 0 Å². The highest BCUT2D eigenvalue weighted by atomic mass is 14.1. The van der Waals surface area contributed by atoms with E-state index in [2.05, 4.69) is 51.6 Å². The lowest BCUT2D eigenvalue weighted by Gasteiger charge is -2.11. The first kappa shape index (κ1) is 12.0. The summed E-state index contributed by atoms with van der Waals surface area (Å²) in [5, 5.41) is 0. The van der Waals surface area contributed by atoms with Gasteiger partial charge < -0.3 is 0 Å². The predicted molar refractivity (Wildman–Crippen MR) is 68.2 cm³/mol. The molecule has 15 heavy (non-hydrogen) atoms. The second kappa shape index (κ2) is 5.75. The molecule has 1 aromatic rings.